The number of likely N-dealkylation sites (tertiary alicyclic amines) is 1. The molecule has 7 rings (SSSR count). The Hall–Kier alpha value is -3.18. The number of hydrogen-bond acceptors (Lipinski definition) is 5. The Morgan fingerprint density at radius 2 is 1.18 bits per heavy atom. The molecule has 2 aromatic carbocycles. The number of nitrogens with zero attached hydrogens (tertiary/aromatic N) is 1. The van der Waals surface area contributed by atoms with Gasteiger partial charge in [0.05, 0.1) is 16.2 Å². The van der Waals surface area contributed by atoms with Gasteiger partial charge in [0, 0.05) is 34.2 Å². The molecule has 332 valence electrons. The van der Waals surface area contributed by atoms with Gasteiger partial charge in [0.1, 0.15) is 5.60 Å². The molecule has 2 aromatic rings. The average Bonchev–Trinajstić information content (AvgIpc) is 3.40. The normalized spacial score (nSPS) is 28.9. The maximum Gasteiger partial charge on any atom is 0.410 e. The molecule has 4 amide bonds. The number of nitrogens with two attached hydrogens (primary N) is 2. The van der Waals surface area contributed by atoms with Gasteiger partial charge in [-0.1, -0.05) is 104 Å². The Morgan fingerprint density at radius 3 is 1.50 bits per heavy atom. The molecular weight excluding hydrogens is 884 g/mol. The summed E-state index contributed by atoms with van der Waals surface area (Å²) in [7, 11) is 0. The van der Waals surface area contributed by atoms with Crippen LogP contribution >= 0.6 is 31.9 Å². The number of halogens is 2. The van der Waals surface area contributed by atoms with E-state index in [1.165, 1.54) is 12.8 Å². The van der Waals surface area contributed by atoms with Crippen LogP contribution in [0.25, 0.3) is 0 Å². The van der Waals surface area contributed by atoms with Crippen molar-refractivity contribution in [2.24, 2.45) is 46.0 Å². The smallest absolute Gasteiger partial charge is 0.410 e. The van der Waals surface area contributed by atoms with Gasteiger partial charge in [-0.05, 0) is 149 Å². The molecule has 0 unspecified atom stereocenters. The van der Waals surface area contributed by atoms with E-state index in [2.05, 4.69) is 85.3 Å². The monoisotopic (exact) mass is 954 g/mol. The van der Waals surface area contributed by atoms with E-state index < -0.39 is 16.4 Å². The predicted octanol–water partition coefficient (Wildman–Crippen LogP) is 11.1. The van der Waals surface area contributed by atoms with Crippen LogP contribution in [-0.2, 0) is 30.0 Å². The number of rotatable bonds is 4. The fraction of sp³-hybridized carbons (Fsp3) is 0.633. The molecule has 0 aromatic heterocycles. The molecule has 9 nitrogen and oxygen atoms in total. The minimum atomic E-state index is -0.413. The quantitative estimate of drug-likeness (QED) is 0.279. The van der Waals surface area contributed by atoms with E-state index in [9.17, 15) is 19.2 Å². The van der Waals surface area contributed by atoms with E-state index in [1.807, 2.05) is 74.2 Å². The zero-order valence-electron chi connectivity index (χ0n) is 37.7. The van der Waals surface area contributed by atoms with Crippen molar-refractivity contribution >= 4 is 55.7 Å². The van der Waals surface area contributed by atoms with Gasteiger partial charge in [-0.15, -0.1) is 0 Å². The van der Waals surface area contributed by atoms with Crippen LogP contribution in [0, 0.1) is 34.5 Å². The van der Waals surface area contributed by atoms with Gasteiger partial charge in [0.2, 0.25) is 17.7 Å². The Labute approximate surface area is 377 Å². The maximum absolute atomic E-state index is 11.9. The first-order chi connectivity index (χ1) is 27.8. The average molecular weight is 957 g/mol. The number of hydrogen-bond donors (Lipinski definition) is 3. The maximum atomic E-state index is 11.9. The Bertz CT molecular complexity index is 1760. The highest BCUT2D eigenvalue weighted by Gasteiger charge is 2.49. The van der Waals surface area contributed by atoms with Crippen LogP contribution in [-0.4, -0.2) is 47.4 Å². The van der Waals surface area contributed by atoms with Gasteiger partial charge in [0.25, 0.3) is 0 Å². The largest absolute Gasteiger partial charge is 0.444 e. The summed E-state index contributed by atoms with van der Waals surface area (Å²) < 4.78 is 7.39. The molecule has 5 aliphatic rings. The number of ether oxygens (including phenoxy) is 1. The lowest BCUT2D eigenvalue weighted by Gasteiger charge is -2.44. The fourth-order valence-corrected chi connectivity index (χ4v) is 10.6. The minimum absolute atomic E-state index is 0.0659. The number of nitrogens with one attached hydrogen (secondary N) is 1. The van der Waals surface area contributed by atoms with Gasteiger partial charge >= 0.3 is 6.09 Å². The minimum Gasteiger partial charge on any atom is -0.444 e. The van der Waals surface area contributed by atoms with Crippen molar-refractivity contribution in [1.29, 1.82) is 0 Å². The molecular formula is C49H72Br2N4O5. The lowest BCUT2D eigenvalue weighted by molar-refractivity contribution is -0.130. The van der Waals surface area contributed by atoms with Gasteiger partial charge in [-0.25, -0.2) is 4.79 Å². The number of benzene rings is 2. The van der Waals surface area contributed by atoms with Crippen LogP contribution in [0.5, 0.6) is 0 Å². The number of primary amides is 2. The zero-order chi connectivity index (χ0) is 44.8. The lowest BCUT2D eigenvalue weighted by atomic mass is 9.59. The SMILES string of the molecule is C=C1CC2(CCC(C)CC2)C(=O)N1.CC(C)(C)OC(=O)N1CCC(C(C)(C)C)CC1.CC1CC(C(N)=O)(c2cccc(Br)c2)C1.CC1CC(C(N)=O)(c2cccc(Br)c2)C1. The van der Waals surface area contributed by atoms with Crippen molar-refractivity contribution in [2.45, 2.75) is 149 Å². The van der Waals surface area contributed by atoms with Gasteiger partial charge in [0.15, 0.2) is 0 Å². The molecule has 1 spiro atoms. The third-order valence-electron chi connectivity index (χ3n) is 13.4. The molecule has 60 heavy (non-hydrogen) atoms. The van der Waals surface area contributed by atoms with Crippen molar-refractivity contribution in [3.05, 3.63) is 80.9 Å². The van der Waals surface area contributed by atoms with Crippen molar-refractivity contribution in [1.82, 2.24) is 10.2 Å². The summed E-state index contributed by atoms with van der Waals surface area (Å²) in [6.45, 7) is 24.6. The first-order valence-electron chi connectivity index (χ1n) is 21.9. The van der Waals surface area contributed by atoms with Crippen molar-refractivity contribution < 1.29 is 23.9 Å². The van der Waals surface area contributed by atoms with E-state index in [0.29, 0.717) is 23.2 Å². The first kappa shape index (κ1) is 49.5. The lowest BCUT2D eigenvalue weighted by Crippen LogP contribution is -2.50. The van der Waals surface area contributed by atoms with Crippen LogP contribution in [0.3, 0.4) is 0 Å². The van der Waals surface area contributed by atoms with E-state index in [-0.39, 0.29) is 29.2 Å². The Kier molecular flexibility index (Phi) is 16.4. The third kappa shape index (κ3) is 12.5. The second-order valence-electron chi connectivity index (χ2n) is 20.7. The number of allylic oxidation sites excluding steroid dienone is 1. The molecule has 5 N–H and O–H groups in total. The predicted molar refractivity (Wildman–Crippen MR) is 249 cm³/mol. The topological polar surface area (TPSA) is 145 Å². The van der Waals surface area contributed by atoms with Crippen LogP contribution in [0.4, 0.5) is 4.79 Å². The second-order valence-corrected chi connectivity index (χ2v) is 22.6. The molecule has 3 saturated carbocycles. The number of amides is 4. The molecule has 3 aliphatic carbocycles. The van der Waals surface area contributed by atoms with E-state index in [0.717, 1.165) is 103 Å². The van der Waals surface area contributed by atoms with Crippen molar-refractivity contribution in [3.63, 3.8) is 0 Å². The van der Waals surface area contributed by atoms with Crippen LogP contribution < -0.4 is 16.8 Å². The molecule has 5 fully saturated rings. The highest BCUT2D eigenvalue weighted by atomic mass is 79.9. The zero-order valence-corrected chi connectivity index (χ0v) is 40.9. The molecule has 0 bridgehead atoms. The van der Waals surface area contributed by atoms with Crippen LogP contribution in [0.15, 0.2) is 69.8 Å². The van der Waals surface area contributed by atoms with Crippen molar-refractivity contribution in [3.8, 4) is 0 Å². The number of carbonyl (C=O) groups excluding carboxylic acids is 4. The molecule has 11 heteroatoms. The molecule has 2 aliphatic heterocycles. The highest BCUT2D eigenvalue weighted by molar-refractivity contribution is 9.10. The van der Waals surface area contributed by atoms with Crippen molar-refractivity contribution in [2.75, 3.05) is 13.1 Å². The van der Waals surface area contributed by atoms with Crippen LogP contribution in [0.1, 0.15) is 144 Å². The molecule has 0 atom stereocenters. The van der Waals surface area contributed by atoms with Crippen LogP contribution in [0.2, 0.25) is 0 Å². The Balaban J connectivity index is 0.000000177. The van der Waals surface area contributed by atoms with Gasteiger partial charge in [-0.3, -0.25) is 14.4 Å². The summed E-state index contributed by atoms with van der Waals surface area (Å²) in [5.74, 6) is 2.53. The summed E-state index contributed by atoms with van der Waals surface area (Å²) in [5, 5.41) is 2.86. The molecule has 0 radical (unpaired) electrons. The fourth-order valence-electron chi connectivity index (χ4n) is 9.79. The number of carbonyl (C=O) groups is 4. The second kappa shape index (κ2) is 19.9. The molecule has 2 heterocycles. The highest BCUT2D eigenvalue weighted by Crippen LogP contribution is 2.49. The van der Waals surface area contributed by atoms with E-state index in [1.54, 1.807) is 0 Å². The van der Waals surface area contributed by atoms with Gasteiger partial charge in [-0.2, -0.15) is 0 Å². The Morgan fingerprint density at radius 1 is 0.750 bits per heavy atom. The number of piperidine rings is 1. The summed E-state index contributed by atoms with van der Waals surface area (Å²) in [6.07, 6.45) is 10.9. The third-order valence-corrected chi connectivity index (χ3v) is 14.4. The van der Waals surface area contributed by atoms with E-state index >= 15 is 0 Å². The standard InChI is InChI=1S/C14H27NO2.2C12H14BrNO.C11H17NO/c1-13(2,3)11-7-9-15(10-8-11)12(16)17-14(4,5)6;2*1-8-6-12(7-8,11(14)15)9-3-2-4-10(13)5-9;1-8-3-5-11(6-4-8)7-9(2)12-10(11)13/h11H,7-10H2,1-6H3;2*2-5,8H,6-7H2,1H3,(H2,14,15);8H,2-7H2,1H3,(H,12,13). The van der Waals surface area contributed by atoms with Gasteiger partial charge < -0.3 is 26.4 Å². The molecule has 2 saturated heterocycles. The van der Waals surface area contributed by atoms with E-state index in [4.69, 9.17) is 16.2 Å². The summed E-state index contributed by atoms with van der Waals surface area (Å²) in [6, 6.07) is 15.8. The first-order valence-corrected chi connectivity index (χ1v) is 23.5. The summed E-state index contributed by atoms with van der Waals surface area (Å²) in [4.78, 5) is 48.5. The summed E-state index contributed by atoms with van der Waals surface area (Å²) >= 11 is 6.84. The summed E-state index contributed by atoms with van der Waals surface area (Å²) in [5.41, 5.74) is 13.1.